The maximum absolute atomic E-state index is 14.7. The van der Waals surface area contributed by atoms with Gasteiger partial charge in [-0.2, -0.15) is 5.26 Å². The molecule has 3 aromatic carbocycles. The standard InChI is InChI=1S/C39H42N4O9S/c1-17-9-20-10-22-23(13-40)43-24-14-50-38(46)39(21-12-26(47-4)25(44)11-19(21)7-8-41-39)15-53-37(31(43)30(42(22)3)27(20)32(45)33(17)48-5)29-28(24)36-35(51-16-52-36)18(2)34(29)49-6/h9,11-12,22-24,30-31,37,41,44-45H,7-8,10,14-16H2,1-6H3/t22-,23+,24-,30+,31?,37-,39-/m1/s1. The molecule has 10 rings (SSSR count). The van der Waals surface area contributed by atoms with Crippen molar-refractivity contribution >= 4 is 17.7 Å². The Hall–Kier alpha value is -4.55. The summed E-state index contributed by atoms with van der Waals surface area (Å²) in [4.78, 5) is 19.2. The highest BCUT2D eigenvalue weighted by Crippen LogP contribution is 2.64. The van der Waals surface area contributed by atoms with Gasteiger partial charge in [-0.25, -0.2) is 4.79 Å². The van der Waals surface area contributed by atoms with E-state index in [0.717, 1.165) is 38.9 Å². The third-order valence-electron chi connectivity index (χ3n) is 12.4. The maximum Gasteiger partial charge on any atom is 0.331 e. The summed E-state index contributed by atoms with van der Waals surface area (Å²) < 4.78 is 36.3. The van der Waals surface area contributed by atoms with Crippen LogP contribution in [0.25, 0.3) is 0 Å². The monoisotopic (exact) mass is 742 g/mol. The lowest BCUT2D eigenvalue weighted by Crippen LogP contribution is -2.69. The minimum Gasteiger partial charge on any atom is -0.504 e. The lowest BCUT2D eigenvalue weighted by Gasteiger charge is -2.62. The molecule has 53 heavy (non-hydrogen) atoms. The van der Waals surface area contributed by atoms with Gasteiger partial charge in [-0.3, -0.25) is 15.1 Å². The fraction of sp³-hybridized carbons (Fsp3) is 0.487. The first kappa shape index (κ1) is 34.2. The number of rotatable bonds is 3. The minimum absolute atomic E-state index is 0.00729. The van der Waals surface area contributed by atoms with Gasteiger partial charge in [0.1, 0.15) is 18.4 Å². The number of fused-ring (bicyclic) bond motifs is 9. The number of carbonyl (C=O) groups excluding carboxylic acids is 1. The number of nitrogens with zero attached hydrogens (tertiary/aromatic N) is 3. The summed E-state index contributed by atoms with van der Waals surface area (Å²) in [7, 11) is 6.73. The van der Waals surface area contributed by atoms with E-state index in [0.29, 0.717) is 47.9 Å². The molecule has 1 unspecified atom stereocenters. The van der Waals surface area contributed by atoms with E-state index >= 15 is 0 Å². The number of likely N-dealkylation sites (N-methyl/N-ethyl adjacent to an activating group) is 1. The minimum atomic E-state index is -1.29. The van der Waals surface area contributed by atoms with Crippen molar-refractivity contribution < 1.29 is 43.4 Å². The van der Waals surface area contributed by atoms with E-state index in [4.69, 9.17) is 28.4 Å². The van der Waals surface area contributed by atoms with E-state index in [-0.39, 0.29) is 48.5 Å². The molecule has 7 heterocycles. The van der Waals surface area contributed by atoms with Gasteiger partial charge >= 0.3 is 5.97 Å². The summed E-state index contributed by atoms with van der Waals surface area (Å²) in [5.74, 6) is 2.36. The summed E-state index contributed by atoms with van der Waals surface area (Å²) in [6.07, 6.45) is 1.14. The number of benzene rings is 3. The van der Waals surface area contributed by atoms with Crippen LogP contribution in [0.5, 0.6) is 40.2 Å². The van der Waals surface area contributed by atoms with Crippen molar-refractivity contribution in [1.29, 1.82) is 5.26 Å². The molecule has 7 aliphatic heterocycles. The number of carbonyl (C=O) groups is 1. The summed E-state index contributed by atoms with van der Waals surface area (Å²) in [6.45, 7) is 4.30. The summed E-state index contributed by atoms with van der Waals surface area (Å²) in [5, 5.41) is 37.0. The third kappa shape index (κ3) is 4.51. The second kappa shape index (κ2) is 12.2. The first-order chi connectivity index (χ1) is 25.6. The molecule has 3 N–H and O–H groups in total. The Bertz CT molecular complexity index is 2120. The number of aryl methyl sites for hydroxylation is 1. The molecule has 278 valence electrons. The van der Waals surface area contributed by atoms with Crippen molar-refractivity contribution in [2.24, 2.45) is 0 Å². The molecule has 14 heteroatoms. The number of piperazine rings is 1. The number of aromatic hydroxyl groups is 2. The molecule has 0 saturated carbocycles. The highest BCUT2D eigenvalue weighted by atomic mass is 32.2. The van der Waals surface area contributed by atoms with E-state index in [9.17, 15) is 20.3 Å². The first-order valence-corrected chi connectivity index (χ1v) is 18.9. The van der Waals surface area contributed by atoms with Crippen LogP contribution in [0, 0.1) is 25.2 Å². The third-order valence-corrected chi connectivity index (χ3v) is 13.9. The Morgan fingerprint density at radius 3 is 2.51 bits per heavy atom. The fourth-order valence-corrected chi connectivity index (χ4v) is 11.9. The summed E-state index contributed by atoms with van der Waals surface area (Å²) in [5.41, 5.74) is 5.29. The second-order valence-electron chi connectivity index (χ2n) is 14.7. The van der Waals surface area contributed by atoms with Gasteiger partial charge in [0, 0.05) is 46.6 Å². The quantitative estimate of drug-likeness (QED) is 0.330. The van der Waals surface area contributed by atoms with E-state index in [2.05, 4.69) is 27.3 Å². The van der Waals surface area contributed by atoms with Crippen molar-refractivity contribution in [2.45, 2.75) is 67.7 Å². The lowest BCUT2D eigenvalue weighted by atomic mass is 9.71. The number of phenolic OH excluding ortho intramolecular Hbond substituents is 2. The number of hydrogen-bond donors (Lipinski definition) is 3. The number of thioether (sulfide) groups is 1. The normalized spacial score (nSPS) is 29.6. The smallest absolute Gasteiger partial charge is 0.331 e. The van der Waals surface area contributed by atoms with Crippen molar-refractivity contribution in [1.82, 2.24) is 15.1 Å². The highest BCUT2D eigenvalue weighted by Gasteiger charge is 2.61. The van der Waals surface area contributed by atoms with Crippen molar-refractivity contribution in [3.8, 4) is 46.3 Å². The molecule has 13 nitrogen and oxygen atoms in total. The van der Waals surface area contributed by atoms with Crippen molar-refractivity contribution in [3.63, 3.8) is 0 Å². The maximum atomic E-state index is 14.7. The van der Waals surface area contributed by atoms with Gasteiger partial charge in [-0.15, -0.1) is 11.8 Å². The molecule has 0 aromatic heterocycles. The molecule has 1 spiro atoms. The molecular formula is C39H42N4O9S. The molecule has 0 aliphatic carbocycles. The summed E-state index contributed by atoms with van der Waals surface area (Å²) >= 11 is 1.58. The zero-order chi connectivity index (χ0) is 37.1. The number of nitrogens with one attached hydrogen (secondary N) is 1. The number of nitriles is 1. The molecule has 2 fully saturated rings. The van der Waals surface area contributed by atoms with Gasteiger partial charge < -0.3 is 38.6 Å². The van der Waals surface area contributed by atoms with Gasteiger partial charge in [-0.1, -0.05) is 6.07 Å². The van der Waals surface area contributed by atoms with Crippen LogP contribution in [-0.4, -0.2) is 98.2 Å². The van der Waals surface area contributed by atoms with E-state index < -0.39 is 34.9 Å². The van der Waals surface area contributed by atoms with Crippen LogP contribution < -0.4 is 29.0 Å². The number of ether oxygens (including phenoxy) is 6. The molecule has 0 radical (unpaired) electrons. The molecule has 7 atom stereocenters. The molecular weight excluding hydrogens is 701 g/mol. The van der Waals surface area contributed by atoms with Gasteiger partial charge in [0.15, 0.2) is 40.0 Å². The average molecular weight is 743 g/mol. The van der Waals surface area contributed by atoms with Crippen LogP contribution >= 0.6 is 11.8 Å². The molecule has 7 aliphatic rings. The van der Waals surface area contributed by atoms with Crippen LogP contribution in [0.3, 0.4) is 0 Å². The zero-order valence-corrected chi connectivity index (χ0v) is 31.3. The first-order valence-electron chi connectivity index (χ1n) is 17.8. The Morgan fingerprint density at radius 1 is 1.00 bits per heavy atom. The topological polar surface area (TPSA) is 155 Å². The van der Waals surface area contributed by atoms with Gasteiger partial charge in [0.2, 0.25) is 6.79 Å². The van der Waals surface area contributed by atoms with Crippen LogP contribution in [0.4, 0.5) is 0 Å². The predicted molar refractivity (Wildman–Crippen MR) is 193 cm³/mol. The van der Waals surface area contributed by atoms with Crippen LogP contribution in [0.15, 0.2) is 18.2 Å². The van der Waals surface area contributed by atoms with Gasteiger partial charge in [0.05, 0.1) is 44.7 Å². The number of methoxy groups -OCH3 is 3. The van der Waals surface area contributed by atoms with Crippen LogP contribution in [0.2, 0.25) is 0 Å². The lowest BCUT2D eigenvalue weighted by molar-refractivity contribution is -0.157. The van der Waals surface area contributed by atoms with E-state index in [1.54, 1.807) is 38.1 Å². The van der Waals surface area contributed by atoms with Crippen LogP contribution in [0.1, 0.15) is 61.8 Å². The SMILES string of the molecule is COc1cc2c(cc1O)CCN[C@]21CS[C@@H]2c3c(OC)c(C)c4c(c3[C@@H](COC1=O)N1C2[C@@H]2c3c(cc(C)c(OC)c3O)C[C@H]([C@@H]1C#N)N2C)OCO4. The van der Waals surface area contributed by atoms with Crippen molar-refractivity contribution in [2.75, 3.05) is 54.1 Å². The molecule has 4 bridgehead atoms. The highest BCUT2D eigenvalue weighted by molar-refractivity contribution is 7.99. The Balaban J connectivity index is 1.32. The number of phenols is 2. The molecule has 2 saturated heterocycles. The molecule has 3 aromatic rings. The number of hydrogen-bond acceptors (Lipinski definition) is 14. The molecule has 0 amide bonds. The fourth-order valence-electron chi connectivity index (χ4n) is 10.2. The van der Waals surface area contributed by atoms with E-state index in [1.165, 1.54) is 7.11 Å². The van der Waals surface area contributed by atoms with E-state index in [1.807, 2.05) is 20.9 Å². The van der Waals surface area contributed by atoms with Crippen molar-refractivity contribution in [3.05, 3.63) is 62.7 Å². The Labute approximate surface area is 311 Å². The zero-order valence-electron chi connectivity index (χ0n) is 30.4. The Morgan fingerprint density at radius 2 is 1.77 bits per heavy atom. The average Bonchev–Trinajstić information content (AvgIpc) is 3.64. The number of esters is 1. The Kier molecular flexibility index (Phi) is 7.91. The second-order valence-corrected chi connectivity index (χ2v) is 15.8. The predicted octanol–water partition coefficient (Wildman–Crippen LogP) is 4.07. The largest absolute Gasteiger partial charge is 0.504 e. The summed E-state index contributed by atoms with van der Waals surface area (Å²) in [6, 6.07) is 5.88. The van der Waals surface area contributed by atoms with Gasteiger partial charge in [0.25, 0.3) is 0 Å². The van der Waals surface area contributed by atoms with Gasteiger partial charge in [-0.05, 0) is 68.1 Å². The van der Waals surface area contributed by atoms with Crippen LogP contribution in [-0.2, 0) is 27.9 Å².